The van der Waals surface area contributed by atoms with Gasteiger partial charge in [0, 0.05) is 6.20 Å². The van der Waals surface area contributed by atoms with Crippen LogP contribution in [0, 0.1) is 6.92 Å². The zero-order chi connectivity index (χ0) is 12.8. The first kappa shape index (κ1) is 12.3. The number of aryl methyl sites for hydroxylation is 1. The van der Waals surface area contributed by atoms with Crippen molar-refractivity contribution in [2.45, 2.75) is 13.5 Å². The van der Waals surface area contributed by atoms with E-state index >= 15 is 0 Å². The Balaban J connectivity index is 1.88. The van der Waals surface area contributed by atoms with E-state index in [9.17, 15) is 4.79 Å². The van der Waals surface area contributed by atoms with E-state index in [1.807, 2.05) is 43.3 Å². The minimum atomic E-state index is -0.330. The molecule has 1 aromatic heterocycles. The number of pyridine rings is 1. The van der Waals surface area contributed by atoms with Gasteiger partial charge in [-0.15, -0.1) is 0 Å². The van der Waals surface area contributed by atoms with Crippen LogP contribution in [0.25, 0.3) is 0 Å². The summed E-state index contributed by atoms with van der Waals surface area (Å²) in [4.78, 5) is 20.9. The molecule has 1 amide bonds. The van der Waals surface area contributed by atoms with E-state index in [2.05, 4.69) is 10.5 Å². The standard InChI is InChI=1S/C14H14N2O2/c1-11-6-5-9-15-13(11)14(17)16-18-10-12-7-3-2-4-8-12/h2-9H,10H2,1H3,(H,16,17). The molecule has 0 atom stereocenters. The second-order valence-electron chi connectivity index (χ2n) is 3.87. The van der Waals surface area contributed by atoms with E-state index in [4.69, 9.17) is 4.84 Å². The Morgan fingerprint density at radius 2 is 2.00 bits per heavy atom. The molecule has 0 saturated heterocycles. The van der Waals surface area contributed by atoms with Crippen LogP contribution in [0.1, 0.15) is 21.6 Å². The van der Waals surface area contributed by atoms with Gasteiger partial charge in [-0.05, 0) is 24.1 Å². The number of benzene rings is 1. The third-order valence-corrected chi connectivity index (χ3v) is 2.47. The Hall–Kier alpha value is -2.20. The Kier molecular flexibility index (Phi) is 4.04. The van der Waals surface area contributed by atoms with Crippen LogP contribution in [0.4, 0.5) is 0 Å². The van der Waals surface area contributed by atoms with Crippen LogP contribution in [0.15, 0.2) is 48.7 Å². The van der Waals surface area contributed by atoms with Crippen molar-refractivity contribution in [3.8, 4) is 0 Å². The average molecular weight is 242 g/mol. The van der Waals surface area contributed by atoms with Gasteiger partial charge >= 0.3 is 0 Å². The van der Waals surface area contributed by atoms with Crippen molar-refractivity contribution in [2.75, 3.05) is 0 Å². The van der Waals surface area contributed by atoms with Gasteiger partial charge in [-0.25, -0.2) is 5.48 Å². The highest BCUT2D eigenvalue weighted by atomic mass is 16.6. The molecule has 4 nitrogen and oxygen atoms in total. The molecule has 0 saturated carbocycles. The summed E-state index contributed by atoms with van der Waals surface area (Å²) < 4.78 is 0. The molecule has 0 aliphatic rings. The SMILES string of the molecule is Cc1cccnc1C(=O)NOCc1ccccc1. The third kappa shape index (κ3) is 3.15. The molecule has 18 heavy (non-hydrogen) atoms. The van der Waals surface area contributed by atoms with Gasteiger partial charge in [-0.2, -0.15) is 0 Å². The fourth-order valence-electron chi connectivity index (χ4n) is 1.53. The summed E-state index contributed by atoms with van der Waals surface area (Å²) in [5.74, 6) is -0.330. The zero-order valence-electron chi connectivity index (χ0n) is 10.1. The quantitative estimate of drug-likeness (QED) is 0.837. The number of aromatic nitrogens is 1. The Morgan fingerprint density at radius 3 is 2.72 bits per heavy atom. The highest BCUT2D eigenvalue weighted by Gasteiger charge is 2.09. The lowest BCUT2D eigenvalue weighted by atomic mass is 10.2. The van der Waals surface area contributed by atoms with Gasteiger partial charge in [0.2, 0.25) is 0 Å². The molecule has 2 rings (SSSR count). The van der Waals surface area contributed by atoms with Crippen molar-refractivity contribution < 1.29 is 9.63 Å². The van der Waals surface area contributed by atoms with E-state index in [-0.39, 0.29) is 5.91 Å². The predicted octanol–water partition coefficient (Wildman–Crippen LogP) is 2.25. The minimum absolute atomic E-state index is 0.330. The summed E-state index contributed by atoms with van der Waals surface area (Å²) in [6.07, 6.45) is 1.58. The van der Waals surface area contributed by atoms with Crippen LogP contribution < -0.4 is 5.48 Å². The van der Waals surface area contributed by atoms with Gasteiger partial charge in [-0.1, -0.05) is 36.4 Å². The number of carbonyl (C=O) groups is 1. The van der Waals surface area contributed by atoms with Gasteiger partial charge in [0.15, 0.2) is 0 Å². The van der Waals surface area contributed by atoms with Crippen LogP contribution >= 0.6 is 0 Å². The van der Waals surface area contributed by atoms with Crippen molar-refractivity contribution in [1.29, 1.82) is 0 Å². The van der Waals surface area contributed by atoms with Crippen LogP contribution in [0.3, 0.4) is 0 Å². The van der Waals surface area contributed by atoms with E-state index in [1.54, 1.807) is 12.3 Å². The molecule has 0 bridgehead atoms. The van der Waals surface area contributed by atoms with Crippen molar-refractivity contribution >= 4 is 5.91 Å². The van der Waals surface area contributed by atoms with E-state index < -0.39 is 0 Å². The lowest BCUT2D eigenvalue weighted by Crippen LogP contribution is -2.25. The molecule has 4 heteroatoms. The normalized spacial score (nSPS) is 10.1. The van der Waals surface area contributed by atoms with E-state index in [0.717, 1.165) is 11.1 Å². The topological polar surface area (TPSA) is 51.2 Å². The minimum Gasteiger partial charge on any atom is -0.269 e. The molecule has 0 aliphatic carbocycles. The summed E-state index contributed by atoms with van der Waals surface area (Å²) in [5.41, 5.74) is 4.58. The summed E-state index contributed by atoms with van der Waals surface area (Å²) in [5, 5.41) is 0. The highest BCUT2D eigenvalue weighted by molar-refractivity contribution is 5.92. The largest absolute Gasteiger partial charge is 0.293 e. The fourth-order valence-corrected chi connectivity index (χ4v) is 1.53. The Labute approximate surface area is 106 Å². The van der Waals surface area contributed by atoms with Crippen molar-refractivity contribution in [1.82, 2.24) is 10.5 Å². The number of hydrogen-bond acceptors (Lipinski definition) is 3. The maximum Gasteiger partial charge on any atom is 0.293 e. The van der Waals surface area contributed by atoms with E-state index in [0.29, 0.717) is 12.3 Å². The Bertz CT molecular complexity index is 526. The maximum atomic E-state index is 11.8. The van der Waals surface area contributed by atoms with Crippen molar-refractivity contribution in [3.05, 3.63) is 65.5 Å². The Morgan fingerprint density at radius 1 is 1.22 bits per heavy atom. The van der Waals surface area contributed by atoms with Gasteiger partial charge in [0.05, 0.1) is 6.61 Å². The molecule has 0 spiro atoms. The van der Waals surface area contributed by atoms with E-state index in [1.165, 1.54) is 0 Å². The first-order chi connectivity index (χ1) is 8.77. The second-order valence-corrected chi connectivity index (χ2v) is 3.87. The number of rotatable bonds is 4. The molecular formula is C14H14N2O2. The van der Waals surface area contributed by atoms with Gasteiger partial charge in [-0.3, -0.25) is 14.6 Å². The van der Waals surface area contributed by atoms with Crippen LogP contribution in [-0.4, -0.2) is 10.9 Å². The first-order valence-electron chi connectivity index (χ1n) is 5.65. The smallest absolute Gasteiger partial charge is 0.269 e. The molecule has 1 N–H and O–H groups in total. The number of hydrogen-bond donors (Lipinski definition) is 1. The van der Waals surface area contributed by atoms with Gasteiger partial charge in [0.1, 0.15) is 5.69 Å². The van der Waals surface area contributed by atoms with Crippen molar-refractivity contribution in [3.63, 3.8) is 0 Å². The third-order valence-electron chi connectivity index (χ3n) is 2.47. The maximum absolute atomic E-state index is 11.8. The lowest BCUT2D eigenvalue weighted by Gasteiger charge is -2.06. The van der Waals surface area contributed by atoms with Crippen LogP contribution in [-0.2, 0) is 11.4 Å². The van der Waals surface area contributed by atoms with Crippen molar-refractivity contribution in [2.24, 2.45) is 0 Å². The van der Waals surface area contributed by atoms with Gasteiger partial charge < -0.3 is 0 Å². The molecule has 0 radical (unpaired) electrons. The molecule has 0 unspecified atom stereocenters. The molecular weight excluding hydrogens is 228 g/mol. The molecule has 1 heterocycles. The van der Waals surface area contributed by atoms with Crippen LogP contribution in [0.5, 0.6) is 0 Å². The first-order valence-corrected chi connectivity index (χ1v) is 5.65. The monoisotopic (exact) mass is 242 g/mol. The highest BCUT2D eigenvalue weighted by Crippen LogP contribution is 2.03. The lowest BCUT2D eigenvalue weighted by molar-refractivity contribution is 0.0229. The number of nitrogens with zero attached hydrogens (tertiary/aromatic N) is 1. The number of hydroxylamine groups is 1. The average Bonchev–Trinajstić information content (AvgIpc) is 2.40. The molecule has 92 valence electrons. The number of carbonyl (C=O) groups excluding carboxylic acids is 1. The number of amides is 1. The summed E-state index contributed by atoms with van der Waals surface area (Å²) >= 11 is 0. The molecule has 0 aliphatic heterocycles. The molecule has 0 fully saturated rings. The van der Waals surface area contributed by atoms with Gasteiger partial charge in [0.25, 0.3) is 5.91 Å². The van der Waals surface area contributed by atoms with Crippen LogP contribution in [0.2, 0.25) is 0 Å². The molecule has 2 aromatic rings. The second kappa shape index (κ2) is 5.93. The molecule has 1 aromatic carbocycles. The zero-order valence-corrected chi connectivity index (χ0v) is 10.1. The number of nitrogens with one attached hydrogen (secondary N) is 1. The summed E-state index contributed by atoms with van der Waals surface area (Å²) in [6, 6.07) is 13.2. The summed E-state index contributed by atoms with van der Waals surface area (Å²) in [6.45, 7) is 2.16. The fraction of sp³-hybridized carbons (Fsp3) is 0.143. The predicted molar refractivity (Wildman–Crippen MR) is 67.7 cm³/mol. The summed E-state index contributed by atoms with van der Waals surface area (Å²) in [7, 11) is 0.